The standard InChI is InChI=1S/C20H21BrN2O3S/c1-13-11-15(14(2)23(13)17-7-5-16(21)6-8-17)12-18-19(24)22(20(25)27-18)9-4-10-26-3/h5-8,11-12H,4,9-10H2,1-3H3/b18-12-. The fourth-order valence-corrected chi connectivity index (χ4v) is 4.24. The van der Waals surface area contributed by atoms with Crippen LogP contribution in [0, 0.1) is 13.8 Å². The lowest BCUT2D eigenvalue weighted by atomic mass is 10.2. The number of halogens is 1. The Balaban J connectivity index is 1.87. The van der Waals surface area contributed by atoms with Crippen LogP contribution in [-0.2, 0) is 9.53 Å². The minimum atomic E-state index is -0.227. The molecule has 0 N–H and O–H groups in total. The Morgan fingerprint density at radius 1 is 1.19 bits per heavy atom. The molecule has 3 rings (SSSR count). The van der Waals surface area contributed by atoms with Crippen molar-refractivity contribution in [1.82, 2.24) is 9.47 Å². The predicted octanol–water partition coefficient (Wildman–Crippen LogP) is 4.93. The summed E-state index contributed by atoms with van der Waals surface area (Å²) in [5, 5.41) is -0.218. The molecule has 0 saturated carbocycles. The molecule has 1 aromatic carbocycles. The zero-order valence-electron chi connectivity index (χ0n) is 15.5. The van der Waals surface area contributed by atoms with E-state index in [1.165, 1.54) is 4.90 Å². The molecule has 0 radical (unpaired) electrons. The Hall–Kier alpha value is -1.83. The van der Waals surface area contributed by atoms with Crippen LogP contribution in [0.5, 0.6) is 0 Å². The third-order valence-corrected chi connectivity index (χ3v) is 5.88. The number of ether oxygens (including phenoxy) is 1. The number of aryl methyl sites for hydroxylation is 1. The van der Waals surface area contributed by atoms with Gasteiger partial charge in [0.15, 0.2) is 0 Å². The third kappa shape index (κ3) is 4.20. The highest BCUT2D eigenvalue weighted by Gasteiger charge is 2.34. The van der Waals surface area contributed by atoms with Gasteiger partial charge < -0.3 is 9.30 Å². The zero-order chi connectivity index (χ0) is 19.6. The summed E-state index contributed by atoms with van der Waals surface area (Å²) in [6.45, 7) is 4.95. The van der Waals surface area contributed by atoms with Crippen molar-refractivity contribution in [1.29, 1.82) is 0 Å². The Morgan fingerprint density at radius 3 is 2.56 bits per heavy atom. The molecular formula is C20H21BrN2O3S. The molecule has 0 atom stereocenters. The second-order valence-corrected chi connectivity index (χ2v) is 8.23. The molecule has 0 aliphatic carbocycles. The molecule has 5 nitrogen and oxygen atoms in total. The number of carbonyl (C=O) groups is 2. The van der Waals surface area contributed by atoms with E-state index in [1.807, 2.05) is 50.3 Å². The fraction of sp³-hybridized carbons (Fsp3) is 0.300. The van der Waals surface area contributed by atoms with Crippen LogP contribution in [0.15, 0.2) is 39.7 Å². The maximum atomic E-state index is 12.6. The van der Waals surface area contributed by atoms with E-state index in [0.29, 0.717) is 24.5 Å². The van der Waals surface area contributed by atoms with E-state index in [-0.39, 0.29) is 11.1 Å². The van der Waals surface area contributed by atoms with Crippen LogP contribution in [0.2, 0.25) is 0 Å². The van der Waals surface area contributed by atoms with E-state index in [2.05, 4.69) is 20.5 Å². The first-order valence-electron chi connectivity index (χ1n) is 8.61. The molecule has 2 aromatic rings. The predicted molar refractivity (Wildman–Crippen MR) is 112 cm³/mol. The first-order valence-corrected chi connectivity index (χ1v) is 10.2. The van der Waals surface area contributed by atoms with Crippen molar-refractivity contribution in [2.45, 2.75) is 20.3 Å². The number of imide groups is 1. The molecule has 0 bridgehead atoms. The number of carbonyl (C=O) groups excluding carboxylic acids is 2. The van der Waals surface area contributed by atoms with Gasteiger partial charge in [0, 0.05) is 41.8 Å². The first-order chi connectivity index (χ1) is 12.9. The first kappa shape index (κ1) is 19.9. The summed E-state index contributed by atoms with van der Waals surface area (Å²) >= 11 is 4.45. The van der Waals surface area contributed by atoms with E-state index in [0.717, 1.165) is 38.9 Å². The molecule has 1 aromatic heterocycles. The molecule has 1 saturated heterocycles. The quantitative estimate of drug-likeness (QED) is 0.464. The van der Waals surface area contributed by atoms with Gasteiger partial charge in [0.1, 0.15) is 0 Å². The van der Waals surface area contributed by atoms with Crippen LogP contribution in [-0.4, -0.2) is 40.9 Å². The minimum Gasteiger partial charge on any atom is -0.385 e. The zero-order valence-corrected chi connectivity index (χ0v) is 17.9. The van der Waals surface area contributed by atoms with Crippen LogP contribution in [0.4, 0.5) is 4.79 Å². The van der Waals surface area contributed by atoms with Crippen molar-refractivity contribution in [2.24, 2.45) is 0 Å². The van der Waals surface area contributed by atoms with Gasteiger partial charge in [0.2, 0.25) is 0 Å². The molecule has 0 unspecified atom stereocenters. The summed E-state index contributed by atoms with van der Waals surface area (Å²) in [7, 11) is 1.61. The monoisotopic (exact) mass is 448 g/mol. The van der Waals surface area contributed by atoms with Crippen molar-refractivity contribution < 1.29 is 14.3 Å². The summed E-state index contributed by atoms with van der Waals surface area (Å²) in [5.74, 6) is -0.227. The number of nitrogens with zero attached hydrogens (tertiary/aromatic N) is 2. The average Bonchev–Trinajstić information content (AvgIpc) is 3.06. The lowest BCUT2D eigenvalue weighted by molar-refractivity contribution is -0.122. The van der Waals surface area contributed by atoms with E-state index in [1.54, 1.807) is 7.11 Å². The molecule has 27 heavy (non-hydrogen) atoms. The number of thioether (sulfide) groups is 1. The number of benzene rings is 1. The molecule has 1 fully saturated rings. The lowest BCUT2D eigenvalue weighted by Gasteiger charge is -2.11. The van der Waals surface area contributed by atoms with Gasteiger partial charge in [0.05, 0.1) is 4.91 Å². The smallest absolute Gasteiger partial charge is 0.293 e. The van der Waals surface area contributed by atoms with E-state index in [9.17, 15) is 9.59 Å². The largest absolute Gasteiger partial charge is 0.385 e. The summed E-state index contributed by atoms with van der Waals surface area (Å²) < 4.78 is 8.16. The van der Waals surface area contributed by atoms with E-state index in [4.69, 9.17) is 4.74 Å². The third-order valence-electron chi connectivity index (χ3n) is 4.45. The summed E-state index contributed by atoms with van der Waals surface area (Å²) in [6, 6.07) is 10.1. The molecular weight excluding hydrogens is 428 g/mol. The highest BCUT2D eigenvalue weighted by atomic mass is 79.9. The van der Waals surface area contributed by atoms with Crippen LogP contribution in [0.3, 0.4) is 0 Å². The van der Waals surface area contributed by atoms with Gasteiger partial charge in [-0.2, -0.15) is 0 Å². The average molecular weight is 449 g/mol. The second kappa shape index (κ2) is 8.46. The lowest BCUT2D eigenvalue weighted by Crippen LogP contribution is -2.29. The summed E-state index contributed by atoms with van der Waals surface area (Å²) in [4.78, 5) is 26.5. The number of hydrogen-bond donors (Lipinski definition) is 0. The van der Waals surface area contributed by atoms with Crippen molar-refractivity contribution in [2.75, 3.05) is 20.3 Å². The Kier molecular flexibility index (Phi) is 6.24. The van der Waals surface area contributed by atoms with Gasteiger partial charge in [-0.15, -0.1) is 0 Å². The Bertz CT molecular complexity index is 903. The maximum Gasteiger partial charge on any atom is 0.293 e. The number of methoxy groups -OCH3 is 1. The van der Waals surface area contributed by atoms with Gasteiger partial charge in [-0.05, 0) is 74.0 Å². The molecule has 142 valence electrons. The second-order valence-electron chi connectivity index (χ2n) is 6.32. The van der Waals surface area contributed by atoms with Crippen LogP contribution in [0.25, 0.3) is 11.8 Å². The number of hydrogen-bond acceptors (Lipinski definition) is 4. The minimum absolute atomic E-state index is 0.218. The van der Waals surface area contributed by atoms with Crippen LogP contribution in [0.1, 0.15) is 23.4 Å². The molecule has 0 spiro atoms. The Morgan fingerprint density at radius 2 is 1.89 bits per heavy atom. The SMILES string of the molecule is COCCCN1C(=O)S/C(=C\c2cc(C)n(-c3ccc(Br)cc3)c2C)C1=O. The van der Waals surface area contributed by atoms with Gasteiger partial charge in [-0.25, -0.2) is 0 Å². The number of amides is 2. The van der Waals surface area contributed by atoms with Gasteiger partial charge in [-0.1, -0.05) is 15.9 Å². The van der Waals surface area contributed by atoms with Crippen LogP contribution >= 0.6 is 27.7 Å². The van der Waals surface area contributed by atoms with E-state index < -0.39 is 0 Å². The highest BCUT2D eigenvalue weighted by Crippen LogP contribution is 2.34. The molecule has 1 aliphatic heterocycles. The molecule has 2 amide bonds. The highest BCUT2D eigenvalue weighted by molar-refractivity contribution is 9.10. The van der Waals surface area contributed by atoms with Crippen molar-refractivity contribution in [3.63, 3.8) is 0 Å². The van der Waals surface area contributed by atoms with Gasteiger partial charge in [0.25, 0.3) is 11.1 Å². The molecule has 7 heteroatoms. The van der Waals surface area contributed by atoms with Crippen LogP contribution < -0.4 is 0 Å². The summed E-state index contributed by atoms with van der Waals surface area (Å²) in [5.41, 5.74) is 4.10. The summed E-state index contributed by atoms with van der Waals surface area (Å²) in [6.07, 6.45) is 2.46. The van der Waals surface area contributed by atoms with Gasteiger partial charge >= 0.3 is 0 Å². The maximum absolute atomic E-state index is 12.6. The van der Waals surface area contributed by atoms with Gasteiger partial charge in [-0.3, -0.25) is 14.5 Å². The van der Waals surface area contributed by atoms with E-state index >= 15 is 0 Å². The molecule has 2 heterocycles. The van der Waals surface area contributed by atoms with Crippen molar-refractivity contribution in [3.8, 4) is 5.69 Å². The fourth-order valence-electron chi connectivity index (χ4n) is 3.12. The number of rotatable bonds is 6. The topological polar surface area (TPSA) is 51.5 Å². The Labute approximate surface area is 171 Å². The molecule has 1 aliphatic rings. The van der Waals surface area contributed by atoms with Crippen molar-refractivity contribution in [3.05, 3.63) is 56.7 Å². The van der Waals surface area contributed by atoms with Crippen molar-refractivity contribution >= 4 is 44.9 Å². The normalized spacial score (nSPS) is 16.0. The number of aromatic nitrogens is 1.